The maximum Gasteiger partial charge on any atom is 0.162 e. The van der Waals surface area contributed by atoms with Crippen LogP contribution >= 0.6 is 0 Å². The van der Waals surface area contributed by atoms with Gasteiger partial charge in [0, 0.05) is 30.8 Å². The average molecular weight is 456 g/mol. The number of ketones is 1. The third-order valence-electron chi connectivity index (χ3n) is 5.58. The van der Waals surface area contributed by atoms with Crippen molar-refractivity contribution < 1.29 is 9.53 Å². The van der Waals surface area contributed by atoms with Gasteiger partial charge in [0.25, 0.3) is 0 Å². The molecular formula is C27H29N5O2. The quantitative estimate of drug-likeness (QED) is 0.245. The van der Waals surface area contributed by atoms with Crippen LogP contribution in [0, 0.1) is 0 Å². The van der Waals surface area contributed by atoms with E-state index in [1.54, 1.807) is 0 Å². The van der Waals surface area contributed by atoms with Crippen LogP contribution in [0.1, 0.15) is 36.5 Å². The molecule has 0 N–H and O–H groups in total. The Kier molecular flexibility index (Phi) is 8.24. The molecule has 4 rings (SSSR count). The number of rotatable bonds is 9. The number of hydrogen-bond donors (Lipinski definition) is 0. The summed E-state index contributed by atoms with van der Waals surface area (Å²) in [6.07, 6.45) is 2.51. The first kappa shape index (κ1) is 23.4. The van der Waals surface area contributed by atoms with Crippen LogP contribution < -0.4 is 4.90 Å². The zero-order valence-electron chi connectivity index (χ0n) is 19.4. The molecule has 0 aliphatic carbocycles. The topological polar surface area (TPSA) is 79.0 Å². The standard InChI is InChI=1S/C27H29N5O2/c1-2-3-4-27(33)21-5-7-22(8-6-21)28-29-23-9-11-24(12-10-23)30-31-25-13-15-26(16-14-25)32-17-19-34-20-18-32/h5-16H,2-4,17-20H2,1H3. The SMILES string of the molecule is CCCCC(=O)c1ccc(N=Nc2ccc(N=Nc3ccc(N4CCOCC4)cc3)cc2)cc1. The number of anilines is 1. The maximum absolute atomic E-state index is 12.1. The number of azo groups is 2. The van der Waals surface area contributed by atoms with E-state index in [0.29, 0.717) is 12.1 Å². The van der Waals surface area contributed by atoms with E-state index in [0.717, 1.165) is 61.8 Å². The van der Waals surface area contributed by atoms with Crippen molar-refractivity contribution in [1.82, 2.24) is 0 Å². The minimum Gasteiger partial charge on any atom is -0.378 e. The van der Waals surface area contributed by atoms with Crippen LogP contribution in [0.4, 0.5) is 28.4 Å². The average Bonchev–Trinajstić information content (AvgIpc) is 2.91. The summed E-state index contributed by atoms with van der Waals surface area (Å²) < 4.78 is 5.40. The first-order valence-electron chi connectivity index (χ1n) is 11.7. The third kappa shape index (κ3) is 6.65. The van der Waals surface area contributed by atoms with Crippen LogP contribution in [-0.4, -0.2) is 32.1 Å². The monoisotopic (exact) mass is 455 g/mol. The molecule has 1 saturated heterocycles. The highest BCUT2D eigenvalue weighted by Crippen LogP contribution is 2.25. The number of benzene rings is 3. The van der Waals surface area contributed by atoms with E-state index in [-0.39, 0.29) is 5.78 Å². The van der Waals surface area contributed by atoms with E-state index in [9.17, 15) is 4.79 Å². The zero-order chi connectivity index (χ0) is 23.6. The van der Waals surface area contributed by atoms with Crippen LogP contribution in [0.15, 0.2) is 93.3 Å². The summed E-state index contributed by atoms with van der Waals surface area (Å²) in [5.74, 6) is 0.170. The maximum atomic E-state index is 12.1. The minimum atomic E-state index is 0.170. The smallest absolute Gasteiger partial charge is 0.162 e. The highest BCUT2D eigenvalue weighted by atomic mass is 16.5. The number of ether oxygens (including phenoxy) is 1. The van der Waals surface area contributed by atoms with Crippen molar-refractivity contribution in [2.24, 2.45) is 20.5 Å². The highest BCUT2D eigenvalue weighted by molar-refractivity contribution is 5.96. The molecule has 174 valence electrons. The lowest BCUT2D eigenvalue weighted by Crippen LogP contribution is -2.36. The van der Waals surface area contributed by atoms with Crippen molar-refractivity contribution in [3.05, 3.63) is 78.4 Å². The predicted molar refractivity (Wildman–Crippen MR) is 135 cm³/mol. The molecule has 7 heteroatoms. The molecule has 1 fully saturated rings. The fourth-order valence-corrected chi connectivity index (χ4v) is 3.56. The molecule has 0 bridgehead atoms. The van der Waals surface area contributed by atoms with Gasteiger partial charge in [-0.3, -0.25) is 4.79 Å². The molecular weight excluding hydrogens is 426 g/mol. The molecule has 3 aromatic carbocycles. The van der Waals surface area contributed by atoms with E-state index in [1.807, 2.05) is 60.7 Å². The normalized spacial score (nSPS) is 14.2. The summed E-state index contributed by atoms with van der Waals surface area (Å²) in [7, 11) is 0. The van der Waals surface area contributed by atoms with Gasteiger partial charge in [-0.2, -0.15) is 20.5 Å². The Labute approximate surface area is 200 Å². The fourth-order valence-electron chi connectivity index (χ4n) is 3.56. The van der Waals surface area contributed by atoms with Crippen LogP contribution in [0.25, 0.3) is 0 Å². The lowest BCUT2D eigenvalue weighted by atomic mass is 10.1. The van der Waals surface area contributed by atoms with Crippen LogP contribution in [-0.2, 0) is 4.74 Å². The molecule has 0 spiro atoms. The van der Waals surface area contributed by atoms with Gasteiger partial charge in [-0.15, -0.1) is 0 Å². The predicted octanol–water partition coefficient (Wildman–Crippen LogP) is 7.73. The van der Waals surface area contributed by atoms with Gasteiger partial charge in [0.2, 0.25) is 0 Å². The van der Waals surface area contributed by atoms with Crippen molar-refractivity contribution in [2.45, 2.75) is 26.2 Å². The fraction of sp³-hybridized carbons (Fsp3) is 0.296. The van der Waals surface area contributed by atoms with Gasteiger partial charge < -0.3 is 9.64 Å². The first-order chi connectivity index (χ1) is 16.7. The van der Waals surface area contributed by atoms with Gasteiger partial charge in [-0.25, -0.2) is 0 Å². The van der Waals surface area contributed by atoms with E-state index < -0.39 is 0 Å². The van der Waals surface area contributed by atoms with Gasteiger partial charge in [-0.05, 0) is 79.2 Å². The molecule has 1 aliphatic rings. The summed E-state index contributed by atoms with van der Waals surface area (Å²) >= 11 is 0. The van der Waals surface area contributed by atoms with Gasteiger partial charge in [0.05, 0.1) is 36.0 Å². The Morgan fingerprint density at radius 2 is 1.18 bits per heavy atom. The van der Waals surface area contributed by atoms with Crippen molar-refractivity contribution in [2.75, 3.05) is 31.2 Å². The Hall–Kier alpha value is -3.71. The van der Waals surface area contributed by atoms with E-state index in [2.05, 4.69) is 44.4 Å². The molecule has 7 nitrogen and oxygen atoms in total. The second-order valence-corrected chi connectivity index (χ2v) is 8.11. The molecule has 0 saturated carbocycles. The van der Waals surface area contributed by atoms with Crippen molar-refractivity contribution in [3.63, 3.8) is 0 Å². The number of carbonyl (C=O) groups excluding carboxylic acids is 1. The Morgan fingerprint density at radius 3 is 1.65 bits per heavy atom. The molecule has 1 aliphatic heterocycles. The van der Waals surface area contributed by atoms with E-state index in [1.165, 1.54) is 5.69 Å². The van der Waals surface area contributed by atoms with Crippen molar-refractivity contribution in [1.29, 1.82) is 0 Å². The summed E-state index contributed by atoms with van der Waals surface area (Å²) in [4.78, 5) is 14.4. The number of morpholine rings is 1. The van der Waals surface area contributed by atoms with Crippen LogP contribution in [0.2, 0.25) is 0 Å². The largest absolute Gasteiger partial charge is 0.378 e. The number of carbonyl (C=O) groups is 1. The second kappa shape index (κ2) is 12.0. The molecule has 0 unspecified atom stereocenters. The van der Waals surface area contributed by atoms with Gasteiger partial charge >= 0.3 is 0 Å². The number of unbranched alkanes of at least 4 members (excludes halogenated alkanes) is 1. The Morgan fingerprint density at radius 1 is 0.735 bits per heavy atom. The van der Waals surface area contributed by atoms with Crippen LogP contribution in [0.5, 0.6) is 0 Å². The molecule has 3 aromatic rings. The second-order valence-electron chi connectivity index (χ2n) is 8.11. The minimum absolute atomic E-state index is 0.170. The summed E-state index contributed by atoms with van der Waals surface area (Å²) in [6.45, 7) is 5.44. The number of nitrogens with zero attached hydrogens (tertiary/aromatic N) is 5. The molecule has 34 heavy (non-hydrogen) atoms. The third-order valence-corrected chi connectivity index (χ3v) is 5.58. The molecule has 0 atom stereocenters. The van der Waals surface area contributed by atoms with Gasteiger partial charge in [0.1, 0.15) is 0 Å². The Bertz CT molecular complexity index is 1120. The van der Waals surface area contributed by atoms with Crippen molar-refractivity contribution >= 4 is 34.2 Å². The van der Waals surface area contributed by atoms with E-state index >= 15 is 0 Å². The summed E-state index contributed by atoms with van der Waals surface area (Å²) in [6, 6.07) is 22.7. The highest BCUT2D eigenvalue weighted by Gasteiger charge is 2.10. The summed E-state index contributed by atoms with van der Waals surface area (Å²) in [5, 5.41) is 17.2. The number of hydrogen-bond acceptors (Lipinski definition) is 7. The lowest BCUT2D eigenvalue weighted by Gasteiger charge is -2.28. The Balaban J connectivity index is 1.31. The van der Waals surface area contributed by atoms with E-state index in [4.69, 9.17) is 4.74 Å². The van der Waals surface area contributed by atoms with Gasteiger partial charge in [-0.1, -0.05) is 13.3 Å². The van der Waals surface area contributed by atoms with Crippen LogP contribution in [0.3, 0.4) is 0 Å². The number of Topliss-reactive ketones (excluding diaryl/α,β-unsaturated/α-hetero) is 1. The van der Waals surface area contributed by atoms with Gasteiger partial charge in [0.15, 0.2) is 5.78 Å². The van der Waals surface area contributed by atoms with Crippen molar-refractivity contribution in [3.8, 4) is 0 Å². The molecule has 0 radical (unpaired) electrons. The molecule has 0 aromatic heterocycles. The summed E-state index contributed by atoms with van der Waals surface area (Å²) in [5.41, 5.74) is 4.87. The molecule has 0 amide bonds. The molecule has 1 heterocycles. The lowest BCUT2D eigenvalue weighted by molar-refractivity contribution is 0.0980. The first-order valence-corrected chi connectivity index (χ1v) is 11.7. The zero-order valence-corrected chi connectivity index (χ0v) is 19.4.